The van der Waals surface area contributed by atoms with E-state index < -0.39 is 18.5 Å². The first-order valence-electron chi connectivity index (χ1n) is 8.11. The van der Waals surface area contributed by atoms with Crippen LogP contribution in [0.15, 0.2) is 30.3 Å². The highest BCUT2D eigenvalue weighted by Crippen LogP contribution is 2.13. The van der Waals surface area contributed by atoms with Gasteiger partial charge in [0.15, 0.2) is 19.0 Å². The van der Waals surface area contributed by atoms with Gasteiger partial charge in [0.25, 0.3) is 5.91 Å². The number of carbonyl (C=O) groups is 3. The number of aromatic nitrogens is 2. The van der Waals surface area contributed by atoms with Crippen molar-refractivity contribution in [3.8, 4) is 5.75 Å². The second-order valence-corrected chi connectivity index (χ2v) is 5.59. The van der Waals surface area contributed by atoms with Gasteiger partial charge in [0.05, 0.1) is 5.69 Å². The SMILES string of the molecule is CCC(=O)c1ccc(OCC(=O)OCC(=O)Nc2cc(C)nn2C)cc1. The Bertz CT molecular complexity index is 796. The molecular formula is C18H21N3O5. The van der Waals surface area contributed by atoms with Gasteiger partial charge in [-0.25, -0.2) is 4.79 Å². The molecule has 0 aliphatic carbocycles. The van der Waals surface area contributed by atoms with Crippen molar-refractivity contribution >= 4 is 23.5 Å². The molecule has 0 atom stereocenters. The van der Waals surface area contributed by atoms with Gasteiger partial charge >= 0.3 is 5.97 Å². The average molecular weight is 359 g/mol. The Kier molecular flexibility index (Phi) is 6.48. The summed E-state index contributed by atoms with van der Waals surface area (Å²) in [5.41, 5.74) is 1.35. The molecule has 1 amide bonds. The predicted molar refractivity (Wildman–Crippen MR) is 94.1 cm³/mol. The molecule has 0 saturated heterocycles. The lowest BCUT2D eigenvalue weighted by atomic mass is 10.1. The third kappa shape index (κ3) is 5.44. The van der Waals surface area contributed by atoms with Crippen LogP contribution in [-0.4, -0.2) is 40.7 Å². The Hall–Kier alpha value is -3.16. The highest BCUT2D eigenvalue weighted by Gasteiger charge is 2.11. The van der Waals surface area contributed by atoms with Crippen LogP contribution in [0.4, 0.5) is 5.82 Å². The standard InChI is InChI=1S/C18H21N3O5/c1-4-15(22)13-5-7-14(8-6-13)25-11-18(24)26-10-17(23)19-16-9-12(2)20-21(16)3/h5-9H,4,10-11H2,1-3H3,(H,19,23). The zero-order valence-electron chi connectivity index (χ0n) is 14.9. The van der Waals surface area contributed by atoms with Crippen LogP contribution in [0.25, 0.3) is 0 Å². The molecular weight excluding hydrogens is 338 g/mol. The lowest BCUT2D eigenvalue weighted by molar-refractivity contribution is -0.149. The van der Waals surface area contributed by atoms with E-state index in [4.69, 9.17) is 9.47 Å². The van der Waals surface area contributed by atoms with Crippen LogP contribution in [0.1, 0.15) is 29.4 Å². The van der Waals surface area contributed by atoms with Crippen molar-refractivity contribution in [1.29, 1.82) is 0 Å². The van der Waals surface area contributed by atoms with Crippen LogP contribution in [0.2, 0.25) is 0 Å². The third-order valence-electron chi connectivity index (χ3n) is 3.49. The number of ether oxygens (including phenoxy) is 2. The Labute approximate surface area is 151 Å². The zero-order valence-corrected chi connectivity index (χ0v) is 14.9. The van der Waals surface area contributed by atoms with Crippen LogP contribution in [0.5, 0.6) is 5.75 Å². The van der Waals surface area contributed by atoms with Gasteiger partial charge in [-0.3, -0.25) is 14.3 Å². The van der Waals surface area contributed by atoms with Gasteiger partial charge in [-0.05, 0) is 31.2 Å². The number of aryl methyl sites for hydroxylation is 2. The second-order valence-electron chi connectivity index (χ2n) is 5.59. The number of benzene rings is 1. The Morgan fingerprint density at radius 1 is 1.15 bits per heavy atom. The molecule has 0 bridgehead atoms. The van der Waals surface area contributed by atoms with Gasteiger partial charge in [0.1, 0.15) is 11.6 Å². The molecule has 0 saturated carbocycles. The molecule has 8 nitrogen and oxygen atoms in total. The van der Waals surface area contributed by atoms with Crippen LogP contribution < -0.4 is 10.1 Å². The summed E-state index contributed by atoms with van der Waals surface area (Å²) in [5, 5.41) is 6.69. The number of nitrogens with one attached hydrogen (secondary N) is 1. The van der Waals surface area contributed by atoms with Crippen molar-refractivity contribution in [3.05, 3.63) is 41.6 Å². The quantitative estimate of drug-likeness (QED) is 0.571. The molecule has 1 aromatic heterocycles. The van der Waals surface area contributed by atoms with E-state index in [1.54, 1.807) is 51.2 Å². The van der Waals surface area contributed by atoms with E-state index in [-0.39, 0.29) is 12.4 Å². The number of ketones is 1. The average Bonchev–Trinajstić information content (AvgIpc) is 2.94. The van der Waals surface area contributed by atoms with Crippen molar-refractivity contribution < 1.29 is 23.9 Å². The zero-order chi connectivity index (χ0) is 19.1. The fourth-order valence-corrected chi connectivity index (χ4v) is 2.18. The highest BCUT2D eigenvalue weighted by molar-refractivity contribution is 5.96. The van der Waals surface area contributed by atoms with Crippen molar-refractivity contribution in [1.82, 2.24) is 9.78 Å². The number of hydrogen-bond acceptors (Lipinski definition) is 6. The normalized spacial score (nSPS) is 10.3. The molecule has 1 N–H and O–H groups in total. The molecule has 2 rings (SSSR count). The molecule has 1 aromatic carbocycles. The third-order valence-corrected chi connectivity index (χ3v) is 3.49. The number of rotatable bonds is 8. The second kappa shape index (κ2) is 8.80. The van der Waals surface area contributed by atoms with Crippen LogP contribution in [0.3, 0.4) is 0 Å². The van der Waals surface area contributed by atoms with Crippen LogP contribution in [0, 0.1) is 6.92 Å². The number of nitrogens with zero attached hydrogens (tertiary/aromatic N) is 2. The van der Waals surface area contributed by atoms with Gasteiger partial charge in [-0.2, -0.15) is 5.10 Å². The number of anilines is 1. The summed E-state index contributed by atoms with van der Waals surface area (Å²) >= 11 is 0. The van der Waals surface area contributed by atoms with E-state index in [0.717, 1.165) is 5.69 Å². The smallest absolute Gasteiger partial charge is 0.344 e. The Balaban J connectivity index is 1.74. The van der Waals surface area contributed by atoms with E-state index in [1.807, 2.05) is 0 Å². The molecule has 0 aliphatic heterocycles. The first-order chi connectivity index (χ1) is 12.4. The van der Waals surface area contributed by atoms with Crippen molar-refractivity contribution in [2.24, 2.45) is 7.05 Å². The van der Waals surface area contributed by atoms with E-state index in [9.17, 15) is 14.4 Å². The minimum Gasteiger partial charge on any atom is -0.482 e. The van der Waals surface area contributed by atoms with Crippen LogP contribution in [-0.2, 0) is 21.4 Å². The maximum atomic E-state index is 11.8. The van der Waals surface area contributed by atoms with E-state index in [0.29, 0.717) is 23.6 Å². The van der Waals surface area contributed by atoms with E-state index >= 15 is 0 Å². The Morgan fingerprint density at radius 3 is 2.42 bits per heavy atom. The highest BCUT2D eigenvalue weighted by atomic mass is 16.6. The Morgan fingerprint density at radius 2 is 1.85 bits per heavy atom. The largest absolute Gasteiger partial charge is 0.482 e. The van der Waals surface area contributed by atoms with Crippen molar-refractivity contribution in [3.63, 3.8) is 0 Å². The van der Waals surface area contributed by atoms with Gasteiger partial charge < -0.3 is 14.8 Å². The molecule has 0 fully saturated rings. The molecule has 0 aliphatic rings. The van der Waals surface area contributed by atoms with Crippen LogP contribution >= 0.6 is 0 Å². The van der Waals surface area contributed by atoms with Gasteiger partial charge in [0, 0.05) is 25.1 Å². The first-order valence-corrected chi connectivity index (χ1v) is 8.11. The number of carbonyl (C=O) groups excluding carboxylic acids is 3. The first kappa shape index (κ1) is 19.2. The molecule has 138 valence electrons. The minimum absolute atomic E-state index is 0.0330. The summed E-state index contributed by atoms with van der Waals surface area (Å²) in [6, 6.07) is 8.18. The fourth-order valence-electron chi connectivity index (χ4n) is 2.18. The summed E-state index contributed by atoms with van der Waals surface area (Å²) in [6.45, 7) is 2.83. The van der Waals surface area contributed by atoms with Gasteiger partial charge in [-0.1, -0.05) is 6.92 Å². The summed E-state index contributed by atoms with van der Waals surface area (Å²) in [7, 11) is 1.70. The molecule has 0 unspecified atom stereocenters. The maximum absolute atomic E-state index is 11.8. The van der Waals surface area contributed by atoms with Gasteiger partial charge in [0.2, 0.25) is 0 Å². The molecule has 2 aromatic rings. The summed E-state index contributed by atoms with van der Waals surface area (Å²) in [5.74, 6) is -0.157. The monoisotopic (exact) mass is 359 g/mol. The number of amides is 1. The number of Topliss-reactive ketones (excluding diaryl/α,β-unsaturated/α-hetero) is 1. The van der Waals surface area contributed by atoms with E-state index in [1.165, 1.54) is 4.68 Å². The molecule has 26 heavy (non-hydrogen) atoms. The lowest BCUT2D eigenvalue weighted by Gasteiger charge is -2.08. The predicted octanol–water partition coefficient (Wildman–Crippen LogP) is 1.88. The summed E-state index contributed by atoms with van der Waals surface area (Å²) in [4.78, 5) is 35.0. The molecule has 1 heterocycles. The molecule has 0 spiro atoms. The topological polar surface area (TPSA) is 99.5 Å². The molecule has 0 radical (unpaired) electrons. The summed E-state index contributed by atoms with van der Waals surface area (Å²) < 4.78 is 11.7. The summed E-state index contributed by atoms with van der Waals surface area (Å²) in [6.07, 6.45) is 0.424. The lowest BCUT2D eigenvalue weighted by Crippen LogP contribution is -2.24. The minimum atomic E-state index is -0.671. The van der Waals surface area contributed by atoms with Crippen molar-refractivity contribution in [2.45, 2.75) is 20.3 Å². The molecule has 8 heteroatoms. The van der Waals surface area contributed by atoms with E-state index in [2.05, 4.69) is 10.4 Å². The number of esters is 1. The van der Waals surface area contributed by atoms with Crippen molar-refractivity contribution in [2.75, 3.05) is 18.5 Å². The number of hydrogen-bond donors (Lipinski definition) is 1. The van der Waals surface area contributed by atoms with Gasteiger partial charge in [-0.15, -0.1) is 0 Å². The fraction of sp³-hybridized carbons (Fsp3) is 0.333. The maximum Gasteiger partial charge on any atom is 0.344 e.